The minimum Gasteiger partial charge on any atom is -0.366 e. The summed E-state index contributed by atoms with van der Waals surface area (Å²) >= 11 is 0. The molecular formula is C12H10F5NO2. The van der Waals surface area contributed by atoms with Crippen LogP contribution in [0.4, 0.5) is 22.0 Å². The van der Waals surface area contributed by atoms with Gasteiger partial charge in [-0.3, -0.25) is 0 Å². The molecule has 3 atom stereocenters. The van der Waals surface area contributed by atoms with Gasteiger partial charge in [-0.2, -0.15) is 18.7 Å². The topological polar surface area (TPSA) is 30.5 Å². The number of hydrogen-bond acceptors (Lipinski definition) is 3. The van der Waals surface area contributed by atoms with Crippen LogP contribution in [-0.4, -0.2) is 25.5 Å². The number of hydroxylamine groups is 1. The maximum atomic E-state index is 13.9. The summed E-state index contributed by atoms with van der Waals surface area (Å²) in [4.78, 5) is 4.87. The van der Waals surface area contributed by atoms with Crippen LogP contribution in [0, 0.1) is 17.6 Å². The normalized spacial score (nSPS) is 33.5. The van der Waals surface area contributed by atoms with E-state index in [0.717, 1.165) is 6.07 Å². The Labute approximate surface area is 110 Å². The number of rotatable bonds is 1. The summed E-state index contributed by atoms with van der Waals surface area (Å²) in [6.45, 7) is -0.734. The number of fused-ring (bicyclic) bond motifs is 1. The highest BCUT2D eigenvalue weighted by Gasteiger charge is 2.63. The van der Waals surface area contributed by atoms with Gasteiger partial charge in [0, 0.05) is 11.5 Å². The molecule has 2 fully saturated rings. The molecule has 0 radical (unpaired) electrons. The Bertz CT molecular complexity index is 535. The molecular weight excluding hydrogens is 285 g/mol. The minimum absolute atomic E-state index is 0.216. The van der Waals surface area contributed by atoms with Crippen molar-refractivity contribution in [3.63, 3.8) is 0 Å². The van der Waals surface area contributed by atoms with Gasteiger partial charge in [-0.15, -0.1) is 0 Å². The van der Waals surface area contributed by atoms with E-state index >= 15 is 0 Å². The molecule has 8 heteroatoms. The lowest BCUT2D eigenvalue weighted by Gasteiger charge is -2.28. The van der Waals surface area contributed by atoms with Crippen LogP contribution in [0.5, 0.6) is 0 Å². The van der Waals surface area contributed by atoms with E-state index in [4.69, 9.17) is 9.57 Å². The molecule has 1 N–H and O–H groups in total. The number of ether oxygens (including phenoxy) is 1. The summed E-state index contributed by atoms with van der Waals surface area (Å²) in [6.07, 6.45) is -6.66. The zero-order valence-electron chi connectivity index (χ0n) is 10.0. The van der Waals surface area contributed by atoms with Gasteiger partial charge in [-0.1, -0.05) is 12.1 Å². The van der Waals surface area contributed by atoms with Crippen molar-refractivity contribution in [3.8, 4) is 0 Å². The molecule has 3 nitrogen and oxygen atoms in total. The number of alkyl halides is 3. The smallest absolute Gasteiger partial charge is 0.366 e. The van der Waals surface area contributed by atoms with Crippen LogP contribution in [0.3, 0.4) is 0 Å². The first kappa shape index (κ1) is 13.7. The number of halogens is 5. The highest BCUT2D eigenvalue weighted by Crippen LogP contribution is 2.48. The van der Waals surface area contributed by atoms with Crippen molar-refractivity contribution >= 4 is 0 Å². The Balaban J connectivity index is 2.06. The quantitative estimate of drug-likeness (QED) is 0.806. The van der Waals surface area contributed by atoms with Crippen LogP contribution in [0.15, 0.2) is 18.2 Å². The van der Waals surface area contributed by atoms with Gasteiger partial charge < -0.3 is 9.57 Å². The van der Waals surface area contributed by atoms with Gasteiger partial charge in [0.25, 0.3) is 0 Å². The molecule has 0 bridgehead atoms. The second kappa shape index (κ2) is 4.37. The van der Waals surface area contributed by atoms with E-state index in [1.165, 1.54) is 12.1 Å². The van der Waals surface area contributed by atoms with E-state index < -0.39 is 42.0 Å². The van der Waals surface area contributed by atoms with E-state index in [9.17, 15) is 22.0 Å². The summed E-state index contributed by atoms with van der Waals surface area (Å²) in [5.74, 6) is -3.49. The highest BCUT2D eigenvalue weighted by atomic mass is 19.4. The van der Waals surface area contributed by atoms with Crippen LogP contribution >= 0.6 is 0 Å². The number of hydrogen-bond donors (Lipinski definition) is 1. The average molecular weight is 295 g/mol. The molecule has 110 valence electrons. The predicted molar refractivity (Wildman–Crippen MR) is 56.4 cm³/mol. The van der Waals surface area contributed by atoms with Crippen molar-refractivity contribution in [3.05, 3.63) is 35.4 Å². The first-order valence-electron chi connectivity index (χ1n) is 5.88. The summed E-state index contributed by atoms with van der Waals surface area (Å²) in [5.41, 5.74) is 0.649. The fraction of sp³-hybridized carbons (Fsp3) is 0.500. The van der Waals surface area contributed by atoms with Gasteiger partial charge in [0.1, 0.15) is 5.54 Å². The largest absolute Gasteiger partial charge is 0.415 e. The molecule has 2 aliphatic rings. The monoisotopic (exact) mass is 295 g/mol. The van der Waals surface area contributed by atoms with Crippen molar-refractivity contribution in [2.75, 3.05) is 13.2 Å². The fourth-order valence-corrected chi connectivity index (χ4v) is 2.80. The van der Waals surface area contributed by atoms with Crippen LogP contribution in [0.2, 0.25) is 0 Å². The molecule has 20 heavy (non-hydrogen) atoms. The zero-order chi connectivity index (χ0) is 14.5. The molecule has 0 unspecified atom stereocenters. The van der Waals surface area contributed by atoms with E-state index in [-0.39, 0.29) is 12.2 Å². The SMILES string of the molecule is Fc1cccc([C@]23CO[C@H](C(F)(F)F)[C@H]2CON3)c1F. The highest BCUT2D eigenvalue weighted by molar-refractivity contribution is 5.31. The molecule has 3 rings (SSSR count). The van der Waals surface area contributed by atoms with Gasteiger partial charge in [0.05, 0.1) is 13.2 Å². The van der Waals surface area contributed by atoms with Gasteiger partial charge in [-0.25, -0.2) is 8.78 Å². The number of nitrogens with one attached hydrogen (secondary N) is 1. The molecule has 2 saturated heterocycles. The third-order valence-electron chi connectivity index (χ3n) is 3.76. The van der Waals surface area contributed by atoms with Crippen molar-refractivity contribution < 1.29 is 31.5 Å². The molecule has 1 aromatic carbocycles. The average Bonchev–Trinajstić information content (AvgIpc) is 2.89. The van der Waals surface area contributed by atoms with E-state index in [1.54, 1.807) is 0 Å². The van der Waals surface area contributed by atoms with Crippen molar-refractivity contribution in [2.45, 2.75) is 17.8 Å². The molecule has 1 aromatic rings. The van der Waals surface area contributed by atoms with Gasteiger partial charge in [-0.05, 0) is 6.07 Å². The third-order valence-corrected chi connectivity index (χ3v) is 3.76. The molecule has 0 aliphatic carbocycles. The summed E-state index contributed by atoms with van der Waals surface area (Å²) < 4.78 is 70.7. The van der Waals surface area contributed by atoms with Crippen molar-refractivity contribution in [1.82, 2.24) is 5.48 Å². The fourth-order valence-electron chi connectivity index (χ4n) is 2.80. The third kappa shape index (κ3) is 1.82. The minimum atomic E-state index is -4.59. The van der Waals surface area contributed by atoms with E-state index in [2.05, 4.69) is 5.48 Å². The van der Waals surface area contributed by atoms with Gasteiger partial charge in [0.2, 0.25) is 0 Å². The molecule has 0 saturated carbocycles. The standard InChI is InChI=1S/C12H10F5NO2/c13-8-3-1-2-6(9(8)14)11-5-19-10(12(15,16)17)7(11)4-20-18-11/h1-3,7,10,18H,4-5H2/t7-,10+,11-/m1/s1. The van der Waals surface area contributed by atoms with Crippen LogP contribution in [0.1, 0.15) is 5.56 Å². The lowest BCUT2D eigenvalue weighted by atomic mass is 9.79. The first-order chi connectivity index (χ1) is 9.36. The summed E-state index contributed by atoms with van der Waals surface area (Å²) in [6, 6.07) is 3.37. The van der Waals surface area contributed by atoms with Crippen molar-refractivity contribution in [1.29, 1.82) is 0 Å². The van der Waals surface area contributed by atoms with Crippen molar-refractivity contribution in [2.24, 2.45) is 5.92 Å². The Morgan fingerprint density at radius 1 is 1.25 bits per heavy atom. The van der Waals surface area contributed by atoms with Crippen LogP contribution in [-0.2, 0) is 15.1 Å². The van der Waals surface area contributed by atoms with Gasteiger partial charge in [0.15, 0.2) is 17.7 Å². The van der Waals surface area contributed by atoms with E-state index in [1.807, 2.05) is 0 Å². The van der Waals surface area contributed by atoms with E-state index in [0.29, 0.717) is 0 Å². The molecule has 0 spiro atoms. The van der Waals surface area contributed by atoms with Crippen LogP contribution < -0.4 is 5.48 Å². The summed E-state index contributed by atoms with van der Waals surface area (Å²) in [5, 5.41) is 0. The zero-order valence-corrected chi connectivity index (χ0v) is 10.0. The Kier molecular flexibility index (Phi) is 3.00. The van der Waals surface area contributed by atoms with Gasteiger partial charge >= 0.3 is 6.18 Å². The molecule has 2 aliphatic heterocycles. The first-order valence-corrected chi connectivity index (χ1v) is 5.88. The Hall–Kier alpha value is -1.25. The second-order valence-electron chi connectivity index (χ2n) is 4.87. The maximum absolute atomic E-state index is 13.9. The predicted octanol–water partition coefficient (Wildman–Crippen LogP) is 2.27. The summed E-state index contributed by atoms with van der Waals surface area (Å²) in [7, 11) is 0. The maximum Gasteiger partial charge on any atom is 0.415 e. The Morgan fingerprint density at radius 3 is 2.70 bits per heavy atom. The lowest BCUT2D eigenvalue weighted by Crippen LogP contribution is -2.45. The second-order valence-corrected chi connectivity index (χ2v) is 4.87. The Morgan fingerprint density at radius 2 is 2.00 bits per heavy atom. The molecule has 0 amide bonds. The van der Waals surface area contributed by atoms with Crippen LogP contribution in [0.25, 0.3) is 0 Å². The lowest BCUT2D eigenvalue weighted by molar-refractivity contribution is -0.219. The number of benzene rings is 1. The molecule has 0 aromatic heterocycles. The molecule has 2 heterocycles.